The molecule has 0 aliphatic heterocycles. The van der Waals surface area contributed by atoms with Gasteiger partial charge in [-0.25, -0.2) is 8.42 Å². The van der Waals surface area contributed by atoms with Crippen molar-refractivity contribution in [2.45, 2.75) is 11.8 Å². The predicted molar refractivity (Wildman–Crippen MR) is 67.8 cm³/mol. The van der Waals surface area contributed by atoms with Gasteiger partial charge in [0.15, 0.2) is 0 Å². The topological polar surface area (TPSA) is 80.5 Å². The Labute approximate surface area is 109 Å². The van der Waals surface area contributed by atoms with Crippen LogP contribution in [0, 0.1) is 0 Å². The van der Waals surface area contributed by atoms with E-state index in [1.54, 1.807) is 19.1 Å². The van der Waals surface area contributed by atoms with E-state index in [1.165, 1.54) is 12.1 Å². The maximum atomic E-state index is 12.1. The Balaban J connectivity index is 3.13. The number of primary amides is 1. The van der Waals surface area contributed by atoms with Crippen LogP contribution in [0.15, 0.2) is 33.6 Å². The molecule has 0 atom stereocenters. The molecule has 0 spiro atoms. The van der Waals surface area contributed by atoms with Crippen molar-refractivity contribution in [1.29, 1.82) is 0 Å². The Morgan fingerprint density at radius 2 is 2.12 bits per heavy atom. The number of nitrogens with two attached hydrogens (primary N) is 1. The normalized spacial score (nSPS) is 11.7. The first-order chi connectivity index (χ1) is 7.87. The van der Waals surface area contributed by atoms with Gasteiger partial charge in [-0.2, -0.15) is 4.31 Å². The maximum absolute atomic E-state index is 12.1. The van der Waals surface area contributed by atoms with E-state index in [1.807, 2.05) is 0 Å². The van der Waals surface area contributed by atoms with Gasteiger partial charge in [0.25, 0.3) is 0 Å². The zero-order chi connectivity index (χ0) is 13.1. The van der Waals surface area contributed by atoms with Crippen molar-refractivity contribution in [3.63, 3.8) is 0 Å². The van der Waals surface area contributed by atoms with Crippen LogP contribution in [-0.4, -0.2) is 31.7 Å². The Kier molecular flexibility index (Phi) is 4.67. The summed E-state index contributed by atoms with van der Waals surface area (Å²) < 4.78 is 26.0. The lowest BCUT2D eigenvalue weighted by Gasteiger charge is -2.18. The Morgan fingerprint density at radius 3 is 2.59 bits per heavy atom. The third-order valence-corrected chi connectivity index (χ3v) is 4.53. The second-order valence-electron chi connectivity index (χ2n) is 3.35. The summed E-state index contributed by atoms with van der Waals surface area (Å²) in [6.45, 7) is 1.53. The van der Waals surface area contributed by atoms with Crippen molar-refractivity contribution in [1.82, 2.24) is 4.31 Å². The molecule has 0 saturated carbocycles. The molecule has 2 N–H and O–H groups in total. The molecule has 0 fully saturated rings. The van der Waals surface area contributed by atoms with Gasteiger partial charge in [-0.15, -0.1) is 0 Å². The molecule has 5 nitrogen and oxygen atoms in total. The molecule has 0 saturated heterocycles. The molecule has 1 rings (SSSR count). The van der Waals surface area contributed by atoms with Crippen LogP contribution in [0.25, 0.3) is 0 Å². The molecular weight excluding hydrogens is 308 g/mol. The predicted octanol–water partition coefficient (Wildman–Crippen LogP) is 0.945. The number of carbonyl (C=O) groups excluding carboxylic acids is 1. The first-order valence-electron chi connectivity index (χ1n) is 4.92. The summed E-state index contributed by atoms with van der Waals surface area (Å²) in [5.74, 6) is -0.676. The second-order valence-corrected chi connectivity index (χ2v) is 6.21. The number of rotatable bonds is 5. The lowest BCUT2D eigenvalue weighted by molar-refractivity contribution is -0.118. The molecule has 1 amide bonds. The highest BCUT2D eigenvalue weighted by atomic mass is 79.9. The van der Waals surface area contributed by atoms with Gasteiger partial charge in [-0.1, -0.05) is 28.9 Å². The minimum absolute atomic E-state index is 0.134. The number of carbonyl (C=O) groups is 1. The summed E-state index contributed by atoms with van der Waals surface area (Å²) in [6, 6.07) is 6.31. The van der Waals surface area contributed by atoms with Gasteiger partial charge in [0, 0.05) is 11.0 Å². The Morgan fingerprint density at radius 1 is 1.47 bits per heavy atom. The van der Waals surface area contributed by atoms with Crippen LogP contribution in [0.1, 0.15) is 6.92 Å². The quantitative estimate of drug-likeness (QED) is 0.876. The summed E-state index contributed by atoms with van der Waals surface area (Å²) in [6.07, 6.45) is 0. The fourth-order valence-electron chi connectivity index (χ4n) is 1.32. The molecule has 0 heterocycles. The number of benzene rings is 1. The largest absolute Gasteiger partial charge is 0.369 e. The van der Waals surface area contributed by atoms with Crippen LogP contribution >= 0.6 is 15.9 Å². The van der Waals surface area contributed by atoms with Crippen LogP contribution < -0.4 is 5.73 Å². The number of likely N-dealkylation sites (N-methyl/N-ethyl adjacent to an activating group) is 1. The fourth-order valence-corrected chi connectivity index (χ4v) is 3.33. The fraction of sp³-hybridized carbons (Fsp3) is 0.300. The van der Waals surface area contributed by atoms with E-state index in [4.69, 9.17) is 5.73 Å². The highest BCUT2D eigenvalue weighted by Crippen LogP contribution is 2.19. The van der Waals surface area contributed by atoms with E-state index in [2.05, 4.69) is 15.9 Å². The van der Waals surface area contributed by atoms with Gasteiger partial charge in [0.2, 0.25) is 15.9 Å². The molecule has 0 unspecified atom stereocenters. The highest BCUT2D eigenvalue weighted by Gasteiger charge is 2.24. The van der Waals surface area contributed by atoms with Crippen LogP contribution in [-0.2, 0) is 14.8 Å². The van der Waals surface area contributed by atoms with E-state index in [0.29, 0.717) is 4.47 Å². The molecule has 7 heteroatoms. The number of hydrogen-bond donors (Lipinski definition) is 1. The van der Waals surface area contributed by atoms with Crippen molar-refractivity contribution < 1.29 is 13.2 Å². The maximum Gasteiger partial charge on any atom is 0.243 e. The monoisotopic (exact) mass is 320 g/mol. The number of sulfonamides is 1. The van der Waals surface area contributed by atoms with E-state index >= 15 is 0 Å². The van der Waals surface area contributed by atoms with E-state index in [-0.39, 0.29) is 18.0 Å². The smallest absolute Gasteiger partial charge is 0.243 e. The molecule has 0 aromatic heterocycles. The second kappa shape index (κ2) is 5.61. The number of halogens is 1. The zero-order valence-corrected chi connectivity index (χ0v) is 11.7. The average Bonchev–Trinajstić information content (AvgIpc) is 2.25. The molecule has 0 bridgehead atoms. The van der Waals surface area contributed by atoms with Gasteiger partial charge in [-0.05, 0) is 18.2 Å². The van der Waals surface area contributed by atoms with Crippen molar-refractivity contribution >= 4 is 31.9 Å². The van der Waals surface area contributed by atoms with E-state index < -0.39 is 15.9 Å². The van der Waals surface area contributed by atoms with E-state index in [9.17, 15) is 13.2 Å². The van der Waals surface area contributed by atoms with Gasteiger partial charge < -0.3 is 5.73 Å². The molecule has 94 valence electrons. The van der Waals surface area contributed by atoms with Crippen LogP contribution in [0.5, 0.6) is 0 Å². The molecule has 0 radical (unpaired) electrons. The summed E-state index contributed by atoms with van der Waals surface area (Å²) in [5, 5.41) is 0. The molecule has 1 aromatic carbocycles. The SMILES string of the molecule is CCN(CC(N)=O)S(=O)(=O)c1cccc(Br)c1. The summed E-state index contributed by atoms with van der Waals surface area (Å²) in [7, 11) is -3.67. The summed E-state index contributed by atoms with van der Waals surface area (Å²) >= 11 is 3.20. The number of nitrogens with zero attached hydrogens (tertiary/aromatic N) is 1. The van der Waals surface area contributed by atoms with Crippen LogP contribution in [0.4, 0.5) is 0 Å². The van der Waals surface area contributed by atoms with Gasteiger partial charge >= 0.3 is 0 Å². The Hall–Kier alpha value is -0.920. The Bertz CT molecular complexity index is 516. The lowest BCUT2D eigenvalue weighted by atomic mass is 10.4. The van der Waals surface area contributed by atoms with Crippen LogP contribution in [0.3, 0.4) is 0 Å². The minimum Gasteiger partial charge on any atom is -0.369 e. The first-order valence-corrected chi connectivity index (χ1v) is 7.15. The lowest BCUT2D eigenvalue weighted by Crippen LogP contribution is -2.38. The molecule has 0 aliphatic carbocycles. The van der Waals surface area contributed by atoms with Crippen molar-refractivity contribution in [2.24, 2.45) is 5.73 Å². The minimum atomic E-state index is -3.67. The molecule has 17 heavy (non-hydrogen) atoms. The first kappa shape index (κ1) is 14.1. The molecule has 1 aromatic rings. The van der Waals surface area contributed by atoms with Crippen molar-refractivity contribution in [2.75, 3.05) is 13.1 Å². The zero-order valence-electron chi connectivity index (χ0n) is 9.26. The molecular formula is C10H13BrN2O3S. The van der Waals surface area contributed by atoms with E-state index in [0.717, 1.165) is 4.31 Å². The average molecular weight is 321 g/mol. The number of hydrogen-bond acceptors (Lipinski definition) is 3. The standard InChI is InChI=1S/C10H13BrN2O3S/c1-2-13(7-10(12)14)17(15,16)9-5-3-4-8(11)6-9/h3-6H,2,7H2,1H3,(H2,12,14). The van der Waals surface area contributed by atoms with Gasteiger partial charge in [0.05, 0.1) is 11.4 Å². The third kappa shape index (κ3) is 3.52. The highest BCUT2D eigenvalue weighted by molar-refractivity contribution is 9.10. The summed E-state index contributed by atoms with van der Waals surface area (Å²) in [5.41, 5.74) is 5.02. The van der Waals surface area contributed by atoms with Crippen LogP contribution in [0.2, 0.25) is 0 Å². The summed E-state index contributed by atoms with van der Waals surface area (Å²) in [4.78, 5) is 11.0. The number of amides is 1. The molecule has 0 aliphatic rings. The third-order valence-electron chi connectivity index (χ3n) is 2.12. The van der Waals surface area contributed by atoms with Crippen molar-refractivity contribution in [3.05, 3.63) is 28.7 Å². The van der Waals surface area contributed by atoms with Gasteiger partial charge in [-0.3, -0.25) is 4.79 Å². The van der Waals surface area contributed by atoms with Crippen molar-refractivity contribution in [3.8, 4) is 0 Å². The van der Waals surface area contributed by atoms with Gasteiger partial charge in [0.1, 0.15) is 0 Å².